The van der Waals surface area contributed by atoms with Gasteiger partial charge in [0.05, 0.1) is 6.10 Å². The van der Waals surface area contributed by atoms with E-state index in [2.05, 4.69) is 45.0 Å². The summed E-state index contributed by atoms with van der Waals surface area (Å²) in [6.45, 7) is 6.71. The predicted octanol–water partition coefficient (Wildman–Crippen LogP) is 3.28. The largest absolute Gasteiger partial charge is 0.380 e. The molecule has 1 aliphatic rings. The average molecular weight is 261 g/mol. The summed E-state index contributed by atoms with van der Waals surface area (Å²) in [5.41, 5.74) is 9.19. The molecule has 2 rings (SSSR count). The minimum absolute atomic E-state index is 0.109. The van der Waals surface area contributed by atoms with Gasteiger partial charge in [0.2, 0.25) is 0 Å². The van der Waals surface area contributed by atoms with Crippen LogP contribution in [0.5, 0.6) is 0 Å². The molecule has 0 amide bonds. The van der Waals surface area contributed by atoms with Crippen molar-refractivity contribution in [1.82, 2.24) is 0 Å². The van der Waals surface area contributed by atoms with Gasteiger partial charge in [-0.1, -0.05) is 45.0 Å². The van der Waals surface area contributed by atoms with Crippen LogP contribution < -0.4 is 5.73 Å². The molecule has 2 atom stereocenters. The molecule has 0 saturated heterocycles. The van der Waals surface area contributed by atoms with Crippen molar-refractivity contribution >= 4 is 0 Å². The minimum atomic E-state index is 0.109. The maximum atomic E-state index is 6.30. The number of hydrogen-bond acceptors (Lipinski definition) is 2. The first kappa shape index (κ1) is 14.5. The normalized spacial score (nSPS) is 19.2. The van der Waals surface area contributed by atoms with Crippen molar-refractivity contribution < 1.29 is 4.74 Å². The molecule has 0 aromatic heterocycles. The highest BCUT2D eigenvalue weighted by Gasteiger charge is 2.35. The highest BCUT2D eigenvalue weighted by atomic mass is 16.5. The lowest BCUT2D eigenvalue weighted by atomic mass is 9.86. The molecule has 1 aliphatic carbocycles. The summed E-state index contributed by atoms with van der Waals surface area (Å²) in [4.78, 5) is 0. The van der Waals surface area contributed by atoms with E-state index in [0.29, 0.717) is 5.92 Å². The zero-order chi connectivity index (χ0) is 14.0. The summed E-state index contributed by atoms with van der Waals surface area (Å²) < 4.78 is 5.56. The van der Waals surface area contributed by atoms with Gasteiger partial charge in [0.15, 0.2) is 0 Å². The van der Waals surface area contributed by atoms with E-state index in [1.807, 2.05) is 0 Å². The SMILES string of the molecule is COC(C(N)Cc1ccc(C(C)(C)C)cc1)C1CC1. The Kier molecular flexibility index (Phi) is 4.32. The van der Waals surface area contributed by atoms with Crippen LogP contribution in [0.2, 0.25) is 0 Å². The number of methoxy groups -OCH3 is 1. The van der Waals surface area contributed by atoms with Crippen LogP contribution in [-0.2, 0) is 16.6 Å². The van der Waals surface area contributed by atoms with Crippen LogP contribution in [-0.4, -0.2) is 19.3 Å². The van der Waals surface area contributed by atoms with E-state index in [0.717, 1.165) is 6.42 Å². The monoisotopic (exact) mass is 261 g/mol. The fourth-order valence-electron chi connectivity index (χ4n) is 2.67. The second-order valence-corrected chi connectivity index (χ2v) is 6.85. The molecule has 1 aromatic rings. The zero-order valence-corrected chi connectivity index (χ0v) is 12.6. The molecule has 1 saturated carbocycles. The van der Waals surface area contributed by atoms with Crippen LogP contribution in [0.25, 0.3) is 0 Å². The standard InChI is InChI=1S/C17H27NO/c1-17(2,3)14-9-5-12(6-10-14)11-15(18)16(19-4)13-7-8-13/h5-6,9-10,13,15-16H,7-8,11,18H2,1-4H3. The molecule has 1 aromatic carbocycles. The fraction of sp³-hybridized carbons (Fsp3) is 0.647. The first-order valence-corrected chi connectivity index (χ1v) is 7.29. The van der Waals surface area contributed by atoms with E-state index in [4.69, 9.17) is 10.5 Å². The van der Waals surface area contributed by atoms with Crippen LogP contribution in [0.3, 0.4) is 0 Å². The van der Waals surface area contributed by atoms with Crippen LogP contribution in [0.15, 0.2) is 24.3 Å². The van der Waals surface area contributed by atoms with Gasteiger partial charge in [-0.05, 0) is 41.7 Å². The Labute approximate surface area is 117 Å². The lowest BCUT2D eigenvalue weighted by Gasteiger charge is -2.23. The Hall–Kier alpha value is -0.860. The van der Waals surface area contributed by atoms with Crippen LogP contribution in [0, 0.1) is 5.92 Å². The summed E-state index contributed by atoms with van der Waals surface area (Å²) >= 11 is 0. The summed E-state index contributed by atoms with van der Waals surface area (Å²) in [6.07, 6.45) is 3.67. The number of hydrogen-bond donors (Lipinski definition) is 1. The lowest BCUT2D eigenvalue weighted by molar-refractivity contribution is 0.0627. The van der Waals surface area contributed by atoms with Crippen molar-refractivity contribution in [3.8, 4) is 0 Å². The van der Waals surface area contributed by atoms with Gasteiger partial charge in [0.25, 0.3) is 0 Å². The van der Waals surface area contributed by atoms with Gasteiger partial charge in [0.1, 0.15) is 0 Å². The topological polar surface area (TPSA) is 35.2 Å². The van der Waals surface area contributed by atoms with Crippen LogP contribution >= 0.6 is 0 Å². The molecule has 0 bridgehead atoms. The summed E-state index contributed by atoms with van der Waals surface area (Å²) in [5.74, 6) is 0.689. The highest BCUT2D eigenvalue weighted by molar-refractivity contribution is 5.28. The smallest absolute Gasteiger partial charge is 0.0753 e. The van der Waals surface area contributed by atoms with Gasteiger partial charge in [-0.15, -0.1) is 0 Å². The Balaban J connectivity index is 1.99. The molecule has 2 N–H and O–H groups in total. The van der Waals surface area contributed by atoms with E-state index in [1.165, 1.54) is 24.0 Å². The Bertz CT molecular complexity index is 400. The summed E-state index contributed by atoms with van der Waals surface area (Å²) in [6, 6.07) is 8.97. The van der Waals surface area contributed by atoms with Gasteiger partial charge in [0, 0.05) is 13.2 Å². The fourth-order valence-corrected chi connectivity index (χ4v) is 2.67. The summed E-state index contributed by atoms with van der Waals surface area (Å²) in [7, 11) is 1.78. The number of rotatable bonds is 5. The van der Waals surface area contributed by atoms with Crippen molar-refractivity contribution in [3.05, 3.63) is 35.4 Å². The molecular formula is C17H27NO. The highest BCUT2D eigenvalue weighted by Crippen LogP contribution is 2.35. The van der Waals surface area contributed by atoms with E-state index in [-0.39, 0.29) is 17.6 Å². The van der Waals surface area contributed by atoms with Crippen molar-refractivity contribution in [1.29, 1.82) is 0 Å². The lowest BCUT2D eigenvalue weighted by Crippen LogP contribution is -2.39. The maximum absolute atomic E-state index is 6.30. The quantitative estimate of drug-likeness (QED) is 0.883. The molecule has 0 heterocycles. The van der Waals surface area contributed by atoms with Gasteiger partial charge in [-0.25, -0.2) is 0 Å². The van der Waals surface area contributed by atoms with Gasteiger partial charge in [-0.2, -0.15) is 0 Å². The molecule has 2 nitrogen and oxygen atoms in total. The molecule has 2 unspecified atom stereocenters. The molecule has 0 radical (unpaired) electrons. The molecule has 106 valence electrons. The molecule has 0 spiro atoms. The molecular weight excluding hydrogens is 234 g/mol. The Morgan fingerprint density at radius 3 is 2.21 bits per heavy atom. The van der Waals surface area contributed by atoms with Crippen molar-refractivity contribution in [3.63, 3.8) is 0 Å². The third-order valence-electron chi connectivity index (χ3n) is 4.07. The number of benzene rings is 1. The van der Waals surface area contributed by atoms with Crippen molar-refractivity contribution in [2.45, 2.75) is 57.6 Å². The second kappa shape index (κ2) is 5.64. The summed E-state index contributed by atoms with van der Waals surface area (Å²) in [5, 5.41) is 0. The second-order valence-electron chi connectivity index (χ2n) is 6.85. The van der Waals surface area contributed by atoms with E-state index in [1.54, 1.807) is 7.11 Å². The molecule has 1 fully saturated rings. The molecule has 19 heavy (non-hydrogen) atoms. The van der Waals surface area contributed by atoms with Gasteiger partial charge >= 0.3 is 0 Å². The Morgan fingerprint density at radius 2 is 1.79 bits per heavy atom. The zero-order valence-electron chi connectivity index (χ0n) is 12.6. The average Bonchev–Trinajstić information content (AvgIpc) is 3.14. The van der Waals surface area contributed by atoms with Crippen LogP contribution in [0.1, 0.15) is 44.7 Å². The first-order valence-electron chi connectivity index (χ1n) is 7.29. The van der Waals surface area contributed by atoms with Crippen molar-refractivity contribution in [2.75, 3.05) is 7.11 Å². The molecule has 0 aliphatic heterocycles. The van der Waals surface area contributed by atoms with E-state index >= 15 is 0 Å². The van der Waals surface area contributed by atoms with E-state index in [9.17, 15) is 0 Å². The van der Waals surface area contributed by atoms with Gasteiger partial charge in [-0.3, -0.25) is 0 Å². The van der Waals surface area contributed by atoms with Gasteiger partial charge < -0.3 is 10.5 Å². The van der Waals surface area contributed by atoms with Crippen molar-refractivity contribution in [2.24, 2.45) is 11.7 Å². The molecule has 2 heteroatoms. The first-order chi connectivity index (χ1) is 8.91. The Morgan fingerprint density at radius 1 is 1.21 bits per heavy atom. The maximum Gasteiger partial charge on any atom is 0.0753 e. The van der Waals surface area contributed by atoms with Crippen LogP contribution in [0.4, 0.5) is 0 Å². The third kappa shape index (κ3) is 3.80. The minimum Gasteiger partial charge on any atom is -0.380 e. The number of nitrogens with two attached hydrogens (primary N) is 1. The third-order valence-corrected chi connectivity index (χ3v) is 4.07. The number of ether oxygens (including phenoxy) is 1. The van der Waals surface area contributed by atoms with E-state index < -0.39 is 0 Å². The predicted molar refractivity (Wildman–Crippen MR) is 80.3 cm³/mol.